The van der Waals surface area contributed by atoms with Crippen LogP contribution in [0.3, 0.4) is 0 Å². The van der Waals surface area contributed by atoms with Gasteiger partial charge in [0.15, 0.2) is 0 Å². The van der Waals surface area contributed by atoms with Crippen LogP contribution in [0, 0.1) is 5.41 Å². The molecule has 0 fully saturated rings. The quantitative estimate of drug-likeness (QED) is 0.821. The van der Waals surface area contributed by atoms with Crippen molar-refractivity contribution in [2.75, 3.05) is 18.8 Å². The molecule has 0 saturated heterocycles. The van der Waals surface area contributed by atoms with Crippen molar-refractivity contribution in [1.82, 2.24) is 4.31 Å². The number of nitrogens with zero attached hydrogens (tertiary/aromatic N) is 1. The molecule has 1 rings (SSSR count). The molecule has 5 heteroatoms. The molecule has 0 saturated carbocycles. The molecular formula is C15H26N2O2S. The summed E-state index contributed by atoms with van der Waals surface area (Å²) >= 11 is 0. The topological polar surface area (TPSA) is 63.4 Å². The van der Waals surface area contributed by atoms with Gasteiger partial charge in [0.1, 0.15) is 0 Å². The van der Waals surface area contributed by atoms with E-state index in [0.29, 0.717) is 23.7 Å². The van der Waals surface area contributed by atoms with Crippen molar-refractivity contribution in [3.63, 3.8) is 0 Å². The first-order valence-corrected chi connectivity index (χ1v) is 8.46. The highest BCUT2D eigenvalue weighted by Gasteiger charge is 2.25. The highest BCUT2D eigenvalue weighted by molar-refractivity contribution is 7.89. The average Bonchev–Trinajstić information content (AvgIpc) is 2.33. The number of nitrogens with two attached hydrogens (primary N) is 1. The van der Waals surface area contributed by atoms with Crippen molar-refractivity contribution in [3.05, 3.63) is 24.3 Å². The zero-order valence-electron chi connectivity index (χ0n) is 12.9. The van der Waals surface area contributed by atoms with Gasteiger partial charge in [-0.1, -0.05) is 27.7 Å². The molecule has 0 amide bonds. The summed E-state index contributed by atoms with van der Waals surface area (Å²) in [5, 5.41) is 0. The largest absolute Gasteiger partial charge is 0.399 e. The highest BCUT2D eigenvalue weighted by Crippen LogP contribution is 2.23. The Morgan fingerprint density at radius 1 is 1.10 bits per heavy atom. The average molecular weight is 298 g/mol. The summed E-state index contributed by atoms with van der Waals surface area (Å²) in [4.78, 5) is 0.314. The lowest BCUT2D eigenvalue weighted by Crippen LogP contribution is -2.34. The maximum Gasteiger partial charge on any atom is 0.243 e. The smallest absolute Gasteiger partial charge is 0.243 e. The molecule has 0 spiro atoms. The van der Waals surface area contributed by atoms with Crippen molar-refractivity contribution in [3.8, 4) is 0 Å². The first-order chi connectivity index (χ1) is 9.16. The summed E-state index contributed by atoms with van der Waals surface area (Å²) in [6.07, 6.45) is 1.64. The second kappa shape index (κ2) is 6.59. The van der Waals surface area contributed by atoms with E-state index in [-0.39, 0.29) is 5.41 Å². The van der Waals surface area contributed by atoms with Gasteiger partial charge in [0.2, 0.25) is 10.0 Å². The van der Waals surface area contributed by atoms with Crippen LogP contribution >= 0.6 is 0 Å². The second-order valence-corrected chi connectivity index (χ2v) is 8.22. The lowest BCUT2D eigenvalue weighted by molar-refractivity contribution is 0.310. The van der Waals surface area contributed by atoms with Crippen LogP contribution in [0.25, 0.3) is 0 Å². The van der Waals surface area contributed by atoms with E-state index < -0.39 is 10.0 Å². The Morgan fingerprint density at radius 2 is 1.65 bits per heavy atom. The van der Waals surface area contributed by atoms with Crippen LogP contribution in [0.15, 0.2) is 29.2 Å². The zero-order chi connectivity index (χ0) is 15.4. The van der Waals surface area contributed by atoms with Gasteiger partial charge in [-0.15, -0.1) is 0 Å². The number of nitrogen functional groups attached to an aromatic ring is 1. The maximum atomic E-state index is 12.6. The van der Waals surface area contributed by atoms with Gasteiger partial charge in [0, 0.05) is 18.8 Å². The van der Waals surface area contributed by atoms with E-state index in [4.69, 9.17) is 5.73 Å². The Morgan fingerprint density at radius 3 is 2.10 bits per heavy atom. The number of sulfonamides is 1. The molecule has 0 heterocycles. The SMILES string of the molecule is CCCN(CCC(C)(C)C)S(=O)(=O)c1ccc(N)cc1. The van der Waals surface area contributed by atoms with E-state index in [1.54, 1.807) is 28.6 Å². The van der Waals surface area contributed by atoms with Crippen LogP contribution in [0.4, 0.5) is 5.69 Å². The summed E-state index contributed by atoms with van der Waals surface area (Å²) < 4.78 is 26.8. The Labute approximate surface area is 123 Å². The van der Waals surface area contributed by atoms with Gasteiger partial charge in [-0.2, -0.15) is 4.31 Å². The Balaban J connectivity index is 2.96. The molecule has 0 aliphatic carbocycles. The van der Waals surface area contributed by atoms with Crippen molar-refractivity contribution in [2.45, 2.75) is 45.4 Å². The summed E-state index contributed by atoms with van der Waals surface area (Å²) in [5.74, 6) is 0. The maximum absolute atomic E-state index is 12.6. The van der Waals surface area contributed by atoms with Crippen LogP contribution < -0.4 is 5.73 Å². The van der Waals surface area contributed by atoms with Gasteiger partial charge >= 0.3 is 0 Å². The van der Waals surface area contributed by atoms with Crippen LogP contribution in [0.2, 0.25) is 0 Å². The monoisotopic (exact) mass is 298 g/mol. The fourth-order valence-electron chi connectivity index (χ4n) is 1.85. The molecule has 0 bridgehead atoms. The lowest BCUT2D eigenvalue weighted by Gasteiger charge is -2.26. The molecule has 0 atom stereocenters. The van der Waals surface area contributed by atoms with Crippen LogP contribution in [-0.2, 0) is 10.0 Å². The minimum atomic E-state index is -3.42. The van der Waals surface area contributed by atoms with Gasteiger partial charge < -0.3 is 5.73 Å². The summed E-state index contributed by atoms with van der Waals surface area (Å²) in [6, 6.07) is 6.40. The number of benzene rings is 1. The molecule has 2 N–H and O–H groups in total. The van der Waals surface area contributed by atoms with E-state index in [0.717, 1.165) is 12.8 Å². The third-order valence-corrected chi connectivity index (χ3v) is 5.01. The molecule has 0 aliphatic heterocycles. The third-order valence-electron chi connectivity index (χ3n) is 3.10. The van der Waals surface area contributed by atoms with Crippen LogP contribution in [-0.4, -0.2) is 25.8 Å². The predicted molar refractivity (Wildman–Crippen MR) is 84.0 cm³/mol. The van der Waals surface area contributed by atoms with Crippen molar-refractivity contribution in [2.24, 2.45) is 5.41 Å². The molecule has 114 valence electrons. The molecule has 1 aromatic carbocycles. The normalized spacial score (nSPS) is 12.8. The van der Waals surface area contributed by atoms with E-state index >= 15 is 0 Å². The molecule has 0 aromatic heterocycles. The Kier molecular flexibility index (Phi) is 5.59. The van der Waals surface area contributed by atoms with Gasteiger partial charge in [-0.3, -0.25) is 0 Å². The number of hydrogen-bond donors (Lipinski definition) is 1. The highest BCUT2D eigenvalue weighted by atomic mass is 32.2. The standard InChI is InChI=1S/C15H26N2O2S/c1-5-11-17(12-10-15(2,3)4)20(18,19)14-8-6-13(16)7-9-14/h6-9H,5,10-12,16H2,1-4H3. The number of anilines is 1. The predicted octanol–water partition coefficient (Wildman–Crippen LogP) is 3.11. The van der Waals surface area contributed by atoms with E-state index in [1.807, 2.05) is 6.92 Å². The van der Waals surface area contributed by atoms with Crippen molar-refractivity contribution < 1.29 is 8.42 Å². The van der Waals surface area contributed by atoms with Crippen molar-refractivity contribution >= 4 is 15.7 Å². The summed E-state index contributed by atoms with van der Waals surface area (Å²) in [6.45, 7) is 9.43. The molecule has 20 heavy (non-hydrogen) atoms. The summed E-state index contributed by atoms with van der Waals surface area (Å²) in [5.41, 5.74) is 6.30. The molecule has 0 aliphatic rings. The Bertz CT molecular complexity index is 516. The van der Waals surface area contributed by atoms with Gasteiger partial charge in [-0.25, -0.2) is 8.42 Å². The lowest BCUT2D eigenvalue weighted by atomic mass is 9.92. The fraction of sp³-hybridized carbons (Fsp3) is 0.600. The molecule has 1 aromatic rings. The van der Waals surface area contributed by atoms with E-state index in [1.165, 1.54) is 0 Å². The number of rotatable bonds is 6. The van der Waals surface area contributed by atoms with E-state index in [9.17, 15) is 8.42 Å². The van der Waals surface area contributed by atoms with Crippen LogP contribution in [0.5, 0.6) is 0 Å². The van der Waals surface area contributed by atoms with Gasteiger partial charge in [0.25, 0.3) is 0 Å². The minimum absolute atomic E-state index is 0.114. The summed E-state index contributed by atoms with van der Waals surface area (Å²) in [7, 11) is -3.42. The first-order valence-electron chi connectivity index (χ1n) is 7.02. The van der Waals surface area contributed by atoms with E-state index in [2.05, 4.69) is 20.8 Å². The first kappa shape index (κ1) is 17.0. The third kappa shape index (κ3) is 4.80. The molecule has 4 nitrogen and oxygen atoms in total. The van der Waals surface area contributed by atoms with Crippen molar-refractivity contribution in [1.29, 1.82) is 0 Å². The Hall–Kier alpha value is -1.07. The van der Waals surface area contributed by atoms with Crippen LogP contribution in [0.1, 0.15) is 40.5 Å². The van der Waals surface area contributed by atoms with Gasteiger partial charge in [0.05, 0.1) is 4.90 Å². The molecule has 0 radical (unpaired) electrons. The molecule has 0 unspecified atom stereocenters. The molecular weight excluding hydrogens is 272 g/mol. The number of hydrogen-bond acceptors (Lipinski definition) is 3. The second-order valence-electron chi connectivity index (χ2n) is 6.28. The minimum Gasteiger partial charge on any atom is -0.399 e. The fourth-order valence-corrected chi connectivity index (χ4v) is 3.38. The zero-order valence-corrected chi connectivity index (χ0v) is 13.7. The van der Waals surface area contributed by atoms with Gasteiger partial charge in [-0.05, 0) is 42.5 Å².